The average Bonchev–Trinajstić information content (AvgIpc) is 3.03. The summed E-state index contributed by atoms with van der Waals surface area (Å²) in [6, 6.07) is 12.2. The Morgan fingerprint density at radius 2 is 1.74 bits per heavy atom. The van der Waals surface area contributed by atoms with Gasteiger partial charge in [0.15, 0.2) is 0 Å². The first-order chi connectivity index (χ1) is 11.1. The van der Waals surface area contributed by atoms with Gasteiger partial charge in [-0.2, -0.15) is 5.10 Å². The molecular formula is C18H21N5. The van der Waals surface area contributed by atoms with Crippen molar-refractivity contribution in [2.24, 2.45) is 11.5 Å². The third-order valence-electron chi connectivity index (χ3n) is 3.97. The van der Waals surface area contributed by atoms with Gasteiger partial charge in [-0.15, -0.1) is 0 Å². The Labute approximate surface area is 136 Å². The molecular weight excluding hydrogens is 286 g/mol. The van der Waals surface area contributed by atoms with Gasteiger partial charge in [-0.05, 0) is 49.2 Å². The Bertz CT molecular complexity index is 835. The number of hydrogen-bond donors (Lipinski definition) is 2. The predicted octanol–water partition coefficient (Wildman–Crippen LogP) is 2.47. The molecule has 0 amide bonds. The summed E-state index contributed by atoms with van der Waals surface area (Å²) in [6.07, 6.45) is 1.95. The highest BCUT2D eigenvalue weighted by Crippen LogP contribution is 2.22. The predicted molar refractivity (Wildman–Crippen MR) is 92.1 cm³/mol. The molecule has 0 aliphatic heterocycles. The largest absolute Gasteiger partial charge is 0.326 e. The van der Waals surface area contributed by atoms with Crippen LogP contribution >= 0.6 is 0 Å². The highest BCUT2D eigenvalue weighted by atomic mass is 15.3. The van der Waals surface area contributed by atoms with Crippen molar-refractivity contribution >= 4 is 0 Å². The van der Waals surface area contributed by atoms with Crippen LogP contribution < -0.4 is 11.5 Å². The molecule has 3 rings (SSSR count). The molecule has 1 aromatic carbocycles. The summed E-state index contributed by atoms with van der Waals surface area (Å²) in [6.45, 7) is 4.95. The van der Waals surface area contributed by atoms with Gasteiger partial charge in [0.05, 0.1) is 17.1 Å². The first-order valence-electron chi connectivity index (χ1n) is 7.65. The maximum atomic E-state index is 5.81. The molecule has 2 heterocycles. The molecule has 5 nitrogen and oxygen atoms in total. The van der Waals surface area contributed by atoms with Gasteiger partial charge in [-0.25, -0.2) is 4.68 Å². The van der Waals surface area contributed by atoms with E-state index in [0.29, 0.717) is 13.1 Å². The van der Waals surface area contributed by atoms with Crippen molar-refractivity contribution in [3.63, 3.8) is 0 Å². The summed E-state index contributed by atoms with van der Waals surface area (Å²) in [5, 5.41) is 4.68. The van der Waals surface area contributed by atoms with E-state index in [9.17, 15) is 0 Å². The molecule has 0 saturated heterocycles. The van der Waals surface area contributed by atoms with Crippen LogP contribution in [-0.4, -0.2) is 14.8 Å². The van der Waals surface area contributed by atoms with Crippen LogP contribution in [0.25, 0.3) is 16.9 Å². The molecule has 0 saturated carbocycles. The lowest BCUT2D eigenvalue weighted by Crippen LogP contribution is -2.06. The SMILES string of the molecule is Cc1ccc(-n2ccc(-c3ccc(CN)c(CN)c3)n2)c(C)n1. The number of nitrogens with zero attached hydrogens (tertiary/aromatic N) is 3. The van der Waals surface area contributed by atoms with Gasteiger partial charge < -0.3 is 11.5 Å². The average molecular weight is 307 g/mol. The van der Waals surface area contributed by atoms with E-state index in [0.717, 1.165) is 39.5 Å². The second-order valence-electron chi connectivity index (χ2n) is 5.59. The number of pyridine rings is 1. The molecule has 0 fully saturated rings. The van der Waals surface area contributed by atoms with Crippen LogP contribution in [0.3, 0.4) is 0 Å². The first kappa shape index (κ1) is 15.4. The minimum absolute atomic E-state index is 0.474. The molecule has 3 aromatic rings. The van der Waals surface area contributed by atoms with Crippen molar-refractivity contribution in [3.05, 3.63) is 65.1 Å². The second-order valence-corrected chi connectivity index (χ2v) is 5.59. The van der Waals surface area contributed by atoms with Gasteiger partial charge in [0.25, 0.3) is 0 Å². The van der Waals surface area contributed by atoms with Gasteiger partial charge in [-0.1, -0.05) is 12.1 Å². The number of nitrogens with two attached hydrogens (primary N) is 2. The summed E-state index contributed by atoms with van der Waals surface area (Å²) >= 11 is 0. The van der Waals surface area contributed by atoms with E-state index in [1.165, 1.54) is 0 Å². The normalized spacial score (nSPS) is 11.0. The van der Waals surface area contributed by atoms with Crippen LogP contribution in [0.4, 0.5) is 0 Å². The molecule has 4 N–H and O–H groups in total. The van der Waals surface area contributed by atoms with Crippen molar-refractivity contribution in [3.8, 4) is 16.9 Å². The Balaban J connectivity index is 1.99. The Hall–Kier alpha value is -2.50. The molecule has 23 heavy (non-hydrogen) atoms. The quantitative estimate of drug-likeness (QED) is 0.775. The van der Waals surface area contributed by atoms with E-state index in [-0.39, 0.29) is 0 Å². The van der Waals surface area contributed by atoms with E-state index in [4.69, 9.17) is 11.5 Å². The Morgan fingerprint density at radius 3 is 2.43 bits per heavy atom. The van der Waals surface area contributed by atoms with Crippen LogP contribution in [-0.2, 0) is 13.1 Å². The standard InChI is InChI=1S/C18H21N5/c1-12-3-6-18(13(2)21-12)23-8-7-17(22-23)14-4-5-15(10-19)16(9-14)11-20/h3-9H,10-11,19-20H2,1-2H3. The smallest absolute Gasteiger partial charge is 0.0927 e. The maximum Gasteiger partial charge on any atom is 0.0927 e. The number of aromatic nitrogens is 3. The lowest BCUT2D eigenvalue weighted by atomic mass is 10.0. The number of rotatable bonds is 4. The van der Waals surface area contributed by atoms with E-state index >= 15 is 0 Å². The van der Waals surface area contributed by atoms with Crippen molar-refractivity contribution in [2.45, 2.75) is 26.9 Å². The molecule has 2 aromatic heterocycles. The fourth-order valence-corrected chi connectivity index (χ4v) is 2.71. The Kier molecular flexibility index (Phi) is 4.23. The van der Waals surface area contributed by atoms with Crippen LogP contribution in [0.2, 0.25) is 0 Å². The zero-order valence-electron chi connectivity index (χ0n) is 13.5. The molecule has 5 heteroatoms. The van der Waals surface area contributed by atoms with Crippen molar-refractivity contribution in [1.29, 1.82) is 0 Å². The summed E-state index contributed by atoms with van der Waals surface area (Å²) in [5.74, 6) is 0. The van der Waals surface area contributed by atoms with Gasteiger partial charge in [0.2, 0.25) is 0 Å². The number of aryl methyl sites for hydroxylation is 2. The van der Waals surface area contributed by atoms with E-state index in [1.54, 1.807) is 0 Å². The van der Waals surface area contributed by atoms with Crippen LogP contribution in [0.15, 0.2) is 42.6 Å². The van der Waals surface area contributed by atoms with Gasteiger partial charge in [0.1, 0.15) is 0 Å². The van der Waals surface area contributed by atoms with Crippen LogP contribution in [0, 0.1) is 13.8 Å². The minimum atomic E-state index is 0.474. The van der Waals surface area contributed by atoms with Crippen molar-refractivity contribution in [2.75, 3.05) is 0 Å². The van der Waals surface area contributed by atoms with Crippen LogP contribution in [0.1, 0.15) is 22.5 Å². The lowest BCUT2D eigenvalue weighted by Gasteiger charge is -2.08. The van der Waals surface area contributed by atoms with Crippen molar-refractivity contribution in [1.82, 2.24) is 14.8 Å². The summed E-state index contributed by atoms with van der Waals surface area (Å²) in [5.41, 5.74) is 18.6. The molecule has 0 aliphatic rings. The van der Waals surface area contributed by atoms with Gasteiger partial charge in [-0.3, -0.25) is 4.98 Å². The zero-order chi connectivity index (χ0) is 16.4. The molecule has 0 atom stereocenters. The summed E-state index contributed by atoms with van der Waals surface area (Å²) in [7, 11) is 0. The fraction of sp³-hybridized carbons (Fsp3) is 0.222. The molecule has 0 aliphatic carbocycles. The fourth-order valence-electron chi connectivity index (χ4n) is 2.71. The van der Waals surface area contributed by atoms with E-state index < -0.39 is 0 Å². The van der Waals surface area contributed by atoms with E-state index in [1.807, 2.05) is 55.1 Å². The van der Waals surface area contributed by atoms with Gasteiger partial charge in [0, 0.05) is 30.5 Å². The minimum Gasteiger partial charge on any atom is -0.326 e. The summed E-state index contributed by atoms with van der Waals surface area (Å²) < 4.78 is 1.86. The number of benzene rings is 1. The third-order valence-corrected chi connectivity index (χ3v) is 3.97. The van der Waals surface area contributed by atoms with Crippen molar-refractivity contribution < 1.29 is 0 Å². The maximum absolute atomic E-state index is 5.81. The second kappa shape index (κ2) is 6.32. The van der Waals surface area contributed by atoms with E-state index in [2.05, 4.69) is 16.1 Å². The third kappa shape index (κ3) is 3.02. The molecule has 0 spiro atoms. The lowest BCUT2D eigenvalue weighted by molar-refractivity contribution is 0.861. The molecule has 118 valence electrons. The molecule has 0 radical (unpaired) electrons. The Morgan fingerprint density at radius 1 is 0.957 bits per heavy atom. The van der Waals surface area contributed by atoms with Crippen LogP contribution in [0.5, 0.6) is 0 Å². The first-order valence-corrected chi connectivity index (χ1v) is 7.65. The van der Waals surface area contributed by atoms with Gasteiger partial charge >= 0.3 is 0 Å². The number of hydrogen-bond acceptors (Lipinski definition) is 4. The highest BCUT2D eigenvalue weighted by Gasteiger charge is 2.09. The zero-order valence-corrected chi connectivity index (χ0v) is 13.5. The summed E-state index contributed by atoms with van der Waals surface area (Å²) in [4.78, 5) is 4.49. The molecule has 0 bridgehead atoms. The highest BCUT2D eigenvalue weighted by molar-refractivity contribution is 5.61. The molecule has 0 unspecified atom stereocenters. The topological polar surface area (TPSA) is 82.8 Å². The monoisotopic (exact) mass is 307 g/mol.